The summed E-state index contributed by atoms with van der Waals surface area (Å²) in [5.41, 5.74) is 2.35. The van der Waals surface area contributed by atoms with Crippen molar-refractivity contribution in [3.05, 3.63) is 63.1 Å². The van der Waals surface area contributed by atoms with E-state index in [-0.39, 0.29) is 17.9 Å². The molecule has 0 bridgehead atoms. The third-order valence-corrected chi connectivity index (χ3v) is 6.81. The molecule has 3 rings (SSSR count). The molecule has 0 radical (unpaired) electrons. The van der Waals surface area contributed by atoms with Gasteiger partial charge in [-0.15, -0.1) is 0 Å². The number of carbonyl (C=O) groups excluding carboxylic acids is 1. The molecule has 0 saturated carbocycles. The lowest BCUT2D eigenvalue weighted by Crippen LogP contribution is -2.40. The van der Waals surface area contributed by atoms with Gasteiger partial charge in [0.1, 0.15) is 5.75 Å². The summed E-state index contributed by atoms with van der Waals surface area (Å²) in [6, 6.07) is 10.1. The number of sulfonamides is 1. The van der Waals surface area contributed by atoms with Crippen molar-refractivity contribution < 1.29 is 17.9 Å². The first kappa shape index (κ1) is 20.9. The summed E-state index contributed by atoms with van der Waals surface area (Å²) in [6.07, 6.45) is 0.624. The molecule has 2 aromatic rings. The summed E-state index contributed by atoms with van der Waals surface area (Å²) in [6.45, 7) is 0.719. The molecule has 0 spiro atoms. The second-order valence-electron chi connectivity index (χ2n) is 6.45. The largest absolute Gasteiger partial charge is 0.497 e. The highest BCUT2D eigenvalue weighted by atomic mass is 35.5. The van der Waals surface area contributed by atoms with E-state index in [1.54, 1.807) is 7.11 Å². The van der Waals surface area contributed by atoms with E-state index in [0.29, 0.717) is 29.6 Å². The second kappa shape index (κ2) is 8.69. The Balaban J connectivity index is 1.59. The highest BCUT2D eigenvalue weighted by Crippen LogP contribution is 2.25. The molecule has 0 aliphatic carbocycles. The van der Waals surface area contributed by atoms with E-state index in [1.165, 1.54) is 22.5 Å². The molecular formula is C19H20Cl2N2O4S. The first-order chi connectivity index (χ1) is 13.3. The van der Waals surface area contributed by atoms with Crippen molar-refractivity contribution in [2.45, 2.75) is 13.0 Å². The number of hydrogen-bond acceptors (Lipinski definition) is 4. The van der Waals surface area contributed by atoms with Crippen molar-refractivity contribution in [1.29, 1.82) is 0 Å². The fourth-order valence-corrected chi connectivity index (χ4v) is 4.93. The van der Waals surface area contributed by atoms with Gasteiger partial charge >= 0.3 is 0 Å². The van der Waals surface area contributed by atoms with Gasteiger partial charge in [0.15, 0.2) is 0 Å². The molecule has 9 heteroatoms. The summed E-state index contributed by atoms with van der Waals surface area (Å²) >= 11 is 11.8. The molecular weight excluding hydrogens is 423 g/mol. The Hall–Kier alpha value is -1.80. The van der Waals surface area contributed by atoms with Crippen LogP contribution in [0.4, 0.5) is 0 Å². The van der Waals surface area contributed by atoms with Gasteiger partial charge in [-0.25, -0.2) is 8.42 Å². The molecule has 2 aromatic carbocycles. The van der Waals surface area contributed by atoms with Crippen LogP contribution in [0.3, 0.4) is 0 Å². The Bertz CT molecular complexity index is 975. The van der Waals surface area contributed by atoms with Gasteiger partial charge in [0, 0.05) is 35.2 Å². The van der Waals surface area contributed by atoms with Gasteiger partial charge in [-0.1, -0.05) is 29.3 Å². The number of methoxy groups -OCH3 is 1. The zero-order chi connectivity index (χ0) is 20.3. The van der Waals surface area contributed by atoms with Crippen LogP contribution in [0, 0.1) is 0 Å². The van der Waals surface area contributed by atoms with Crippen LogP contribution in [0.15, 0.2) is 36.4 Å². The second-order valence-corrected chi connectivity index (χ2v) is 9.41. The summed E-state index contributed by atoms with van der Waals surface area (Å²) < 4.78 is 32.0. The Morgan fingerprint density at radius 3 is 2.54 bits per heavy atom. The Labute approximate surface area is 174 Å². The molecule has 6 nitrogen and oxygen atoms in total. The van der Waals surface area contributed by atoms with E-state index in [4.69, 9.17) is 27.9 Å². The van der Waals surface area contributed by atoms with Gasteiger partial charge < -0.3 is 10.1 Å². The van der Waals surface area contributed by atoms with Gasteiger partial charge in [0.2, 0.25) is 10.0 Å². The number of amides is 1. The van der Waals surface area contributed by atoms with Gasteiger partial charge in [0.25, 0.3) is 5.91 Å². The van der Waals surface area contributed by atoms with Crippen LogP contribution >= 0.6 is 23.2 Å². The minimum Gasteiger partial charge on any atom is -0.497 e. The topological polar surface area (TPSA) is 75.7 Å². The van der Waals surface area contributed by atoms with Crippen molar-refractivity contribution in [2.24, 2.45) is 0 Å². The first-order valence-electron chi connectivity index (χ1n) is 8.66. The minimum absolute atomic E-state index is 0.00271. The van der Waals surface area contributed by atoms with Crippen LogP contribution in [0.1, 0.15) is 21.5 Å². The van der Waals surface area contributed by atoms with Crippen molar-refractivity contribution in [3.8, 4) is 5.75 Å². The molecule has 1 N–H and O–H groups in total. The van der Waals surface area contributed by atoms with E-state index in [2.05, 4.69) is 5.32 Å². The third-order valence-electron chi connectivity index (χ3n) is 4.55. The van der Waals surface area contributed by atoms with Crippen molar-refractivity contribution in [1.82, 2.24) is 9.62 Å². The van der Waals surface area contributed by atoms with Crippen molar-refractivity contribution in [2.75, 3.05) is 26.0 Å². The van der Waals surface area contributed by atoms with Gasteiger partial charge in [0.05, 0.1) is 12.9 Å². The number of halogens is 2. The summed E-state index contributed by atoms with van der Waals surface area (Å²) in [5, 5.41) is 3.29. The molecule has 1 amide bonds. The molecule has 1 aliphatic rings. The highest BCUT2D eigenvalue weighted by molar-refractivity contribution is 7.89. The van der Waals surface area contributed by atoms with Gasteiger partial charge in [-0.05, 0) is 47.9 Å². The molecule has 1 heterocycles. The fraction of sp³-hybridized carbons (Fsp3) is 0.316. The summed E-state index contributed by atoms with van der Waals surface area (Å²) in [7, 11) is -1.90. The van der Waals surface area contributed by atoms with Crippen LogP contribution in [0.5, 0.6) is 5.75 Å². The van der Waals surface area contributed by atoms with Crippen molar-refractivity contribution in [3.63, 3.8) is 0 Å². The van der Waals surface area contributed by atoms with E-state index in [9.17, 15) is 13.2 Å². The number of nitrogens with zero attached hydrogens (tertiary/aromatic N) is 1. The zero-order valence-corrected chi connectivity index (χ0v) is 17.6. The molecule has 28 heavy (non-hydrogen) atoms. The van der Waals surface area contributed by atoms with Crippen LogP contribution in [-0.2, 0) is 23.0 Å². The average molecular weight is 443 g/mol. The van der Waals surface area contributed by atoms with Crippen molar-refractivity contribution >= 4 is 39.1 Å². The monoisotopic (exact) mass is 442 g/mol. The third kappa shape index (κ3) is 4.97. The molecule has 0 fully saturated rings. The maximum Gasteiger partial charge on any atom is 0.251 e. The molecule has 0 atom stereocenters. The summed E-state index contributed by atoms with van der Waals surface area (Å²) in [4.78, 5) is 12.2. The molecule has 0 unspecified atom stereocenters. The number of hydrogen-bond donors (Lipinski definition) is 1. The number of ether oxygens (including phenoxy) is 1. The van der Waals surface area contributed by atoms with E-state index >= 15 is 0 Å². The minimum atomic E-state index is -3.50. The Morgan fingerprint density at radius 1 is 1.14 bits per heavy atom. The Kier molecular flexibility index (Phi) is 6.50. The maximum absolute atomic E-state index is 12.7. The van der Waals surface area contributed by atoms with E-state index in [0.717, 1.165) is 16.9 Å². The lowest BCUT2D eigenvalue weighted by molar-refractivity contribution is 0.0956. The Morgan fingerprint density at radius 2 is 1.86 bits per heavy atom. The number of benzene rings is 2. The molecule has 0 saturated heterocycles. The van der Waals surface area contributed by atoms with Crippen LogP contribution in [0.25, 0.3) is 0 Å². The predicted octanol–water partition coefficient (Wildman–Crippen LogP) is 3.12. The SMILES string of the molecule is COc1ccc2c(c1)CCN(S(=O)(=O)CCNC(=O)c1cc(Cl)cc(Cl)c1)C2. The van der Waals surface area contributed by atoms with E-state index < -0.39 is 15.9 Å². The normalized spacial score (nSPS) is 14.4. The lowest BCUT2D eigenvalue weighted by Gasteiger charge is -2.28. The van der Waals surface area contributed by atoms with Crippen LogP contribution < -0.4 is 10.1 Å². The molecule has 1 aliphatic heterocycles. The zero-order valence-electron chi connectivity index (χ0n) is 15.2. The predicted molar refractivity (Wildman–Crippen MR) is 110 cm³/mol. The number of nitrogens with one attached hydrogen (secondary N) is 1. The molecule has 0 aromatic heterocycles. The van der Waals surface area contributed by atoms with Crippen LogP contribution in [0.2, 0.25) is 10.0 Å². The average Bonchev–Trinajstić information content (AvgIpc) is 2.66. The quantitative estimate of drug-likeness (QED) is 0.745. The van der Waals surface area contributed by atoms with E-state index in [1.807, 2.05) is 18.2 Å². The van der Waals surface area contributed by atoms with Gasteiger partial charge in [-0.2, -0.15) is 4.31 Å². The van der Waals surface area contributed by atoms with Gasteiger partial charge in [-0.3, -0.25) is 4.79 Å². The first-order valence-corrected chi connectivity index (χ1v) is 11.0. The summed E-state index contributed by atoms with van der Waals surface area (Å²) in [5.74, 6) is 0.160. The standard InChI is InChI=1S/C19H20Cl2N2O4S/c1-27-18-3-2-14-12-23(6-4-13(14)10-18)28(25,26)7-5-22-19(24)15-8-16(20)11-17(21)9-15/h2-3,8-11H,4-7,12H2,1H3,(H,22,24). The number of fused-ring (bicyclic) bond motifs is 1. The maximum atomic E-state index is 12.7. The molecule has 150 valence electrons. The smallest absolute Gasteiger partial charge is 0.251 e. The van der Waals surface area contributed by atoms with Crippen LogP contribution in [-0.4, -0.2) is 44.6 Å². The lowest BCUT2D eigenvalue weighted by atomic mass is 10.0. The number of carbonyl (C=O) groups is 1. The highest BCUT2D eigenvalue weighted by Gasteiger charge is 2.26. The number of rotatable bonds is 6. The fourth-order valence-electron chi connectivity index (χ4n) is 3.08.